The quantitative estimate of drug-likeness (QED) is 0.104. The van der Waals surface area contributed by atoms with Gasteiger partial charge in [-0.1, -0.05) is 43.9 Å². The van der Waals surface area contributed by atoms with Gasteiger partial charge < -0.3 is 15.0 Å². The lowest BCUT2D eigenvalue weighted by atomic mass is 9.99. The molecule has 0 amide bonds. The molecule has 6 nitrogen and oxygen atoms in total. The van der Waals surface area contributed by atoms with Crippen LogP contribution in [0.1, 0.15) is 73.7 Å². The highest BCUT2D eigenvalue weighted by Gasteiger charge is 2.38. The van der Waals surface area contributed by atoms with Crippen molar-refractivity contribution in [3.05, 3.63) is 83.2 Å². The molecule has 1 atom stereocenters. The van der Waals surface area contributed by atoms with E-state index in [1.54, 1.807) is 23.6 Å². The summed E-state index contributed by atoms with van der Waals surface area (Å²) in [6.07, 6.45) is 1.98. The molecule has 4 aromatic rings. The highest BCUT2D eigenvalue weighted by molar-refractivity contribution is 7.98. The van der Waals surface area contributed by atoms with Gasteiger partial charge in [-0.05, 0) is 67.8 Å². The van der Waals surface area contributed by atoms with Gasteiger partial charge in [0.2, 0.25) is 5.95 Å². The highest BCUT2D eigenvalue weighted by Crippen LogP contribution is 2.39. The average Bonchev–Trinajstić information content (AvgIpc) is 3.58. The van der Waals surface area contributed by atoms with Crippen molar-refractivity contribution >= 4 is 34.4 Å². The number of ether oxygens (including phenoxy) is 1. The maximum Gasteiger partial charge on any atom is 0.416 e. The summed E-state index contributed by atoms with van der Waals surface area (Å²) in [5.74, 6) is 2.58. The summed E-state index contributed by atoms with van der Waals surface area (Å²) in [7, 11) is 0. The third-order valence-electron chi connectivity index (χ3n) is 8.69. The Morgan fingerprint density at radius 2 is 1.62 bits per heavy atom. The monoisotopic (exact) mass is 691 g/mol. The van der Waals surface area contributed by atoms with Crippen LogP contribution in [0.25, 0.3) is 10.9 Å². The van der Waals surface area contributed by atoms with E-state index in [-0.39, 0.29) is 24.1 Å². The van der Waals surface area contributed by atoms with Crippen molar-refractivity contribution < 1.29 is 31.1 Å². The predicted molar refractivity (Wildman–Crippen MR) is 178 cm³/mol. The van der Waals surface area contributed by atoms with Gasteiger partial charge in [-0.15, -0.1) is 0 Å². The molecule has 1 aliphatic rings. The zero-order chi connectivity index (χ0) is 34.3. The van der Waals surface area contributed by atoms with Gasteiger partial charge in [-0.25, -0.2) is 15.0 Å². The molecular formula is C35H39F6N5OS. The van der Waals surface area contributed by atoms with E-state index in [0.29, 0.717) is 30.3 Å². The number of halogens is 6. The molecule has 258 valence electrons. The number of aromatic nitrogens is 3. The fraction of sp³-hybridized carbons (Fsp3) is 0.457. The van der Waals surface area contributed by atoms with Crippen LogP contribution in [-0.2, 0) is 18.9 Å². The number of nitrogens with one attached hydrogen (secondary N) is 1. The van der Waals surface area contributed by atoms with Crippen LogP contribution in [0.2, 0.25) is 0 Å². The molecule has 1 unspecified atom stereocenters. The topological polar surface area (TPSA) is 63.2 Å². The summed E-state index contributed by atoms with van der Waals surface area (Å²) < 4.78 is 88.8. The first kappa shape index (κ1) is 35.6. The first-order chi connectivity index (χ1) is 22.9. The Morgan fingerprint density at radius 1 is 0.958 bits per heavy atom. The number of benzene rings is 2. The second-order valence-electron chi connectivity index (χ2n) is 12.1. The van der Waals surface area contributed by atoms with Crippen LogP contribution in [0.15, 0.2) is 60.9 Å². The van der Waals surface area contributed by atoms with Gasteiger partial charge in [0.05, 0.1) is 48.2 Å². The Hall–Kier alpha value is -3.74. The van der Waals surface area contributed by atoms with Crippen LogP contribution in [-0.4, -0.2) is 40.1 Å². The van der Waals surface area contributed by atoms with Crippen LogP contribution >= 0.6 is 11.8 Å². The number of fused-ring (bicyclic) bond motifs is 1. The van der Waals surface area contributed by atoms with Crippen LogP contribution in [0.5, 0.6) is 5.75 Å². The van der Waals surface area contributed by atoms with Gasteiger partial charge in [0.15, 0.2) is 5.75 Å². The first-order valence-corrected chi connectivity index (χ1v) is 17.4. The smallest absolute Gasteiger partial charge is 0.416 e. The van der Waals surface area contributed by atoms with Crippen LogP contribution < -0.4 is 15.0 Å². The molecule has 1 fully saturated rings. The maximum atomic E-state index is 13.9. The number of hydrogen-bond acceptors (Lipinski definition) is 7. The third kappa shape index (κ3) is 9.24. The second-order valence-corrected chi connectivity index (χ2v) is 13.1. The van der Waals surface area contributed by atoms with Crippen molar-refractivity contribution in [3.63, 3.8) is 0 Å². The SMILES string of the molecule is CSCCOc1cnc(N(Cc2cc3ccccc3nc2NCCCC2CCCC2)C(C)c2cc(C(F)(F)F)cc(C(F)(F)F)c2)nc1. The van der Waals surface area contributed by atoms with E-state index < -0.39 is 29.5 Å². The molecule has 0 radical (unpaired) electrons. The van der Waals surface area contributed by atoms with Crippen molar-refractivity contribution in [2.75, 3.05) is 35.4 Å². The van der Waals surface area contributed by atoms with E-state index in [9.17, 15) is 26.3 Å². The molecule has 1 N–H and O–H groups in total. The molecule has 0 aliphatic heterocycles. The fourth-order valence-electron chi connectivity index (χ4n) is 6.07. The normalized spacial score (nSPS) is 14.8. The van der Waals surface area contributed by atoms with Crippen LogP contribution in [0.4, 0.5) is 38.1 Å². The van der Waals surface area contributed by atoms with E-state index >= 15 is 0 Å². The number of anilines is 2. The summed E-state index contributed by atoms with van der Waals surface area (Å²) in [5, 5.41) is 4.30. The number of nitrogens with zero attached hydrogens (tertiary/aromatic N) is 4. The van der Waals surface area contributed by atoms with E-state index in [1.807, 2.05) is 36.6 Å². The van der Waals surface area contributed by atoms with Crippen molar-refractivity contribution in [2.24, 2.45) is 5.92 Å². The minimum Gasteiger partial charge on any atom is -0.489 e. The predicted octanol–water partition coefficient (Wildman–Crippen LogP) is 9.95. The van der Waals surface area contributed by atoms with E-state index in [1.165, 1.54) is 38.1 Å². The van der Waals surface area contributed by atoms with Crippen molar-refractivity contribution in [1.29, 1.82) is 0 Å². The van der Waals surface area contributed by atoms with Gasteiger partial charge in [-0.3, -0.25) is 0 Å². The summed E-state index contributed by atoms with van der Waals surface area (Å²) >= 11 is 1.61. The van der Waals surface area contributed by atoms with E-state index in [0.717, 1.165) is 47.5 Å². The number of para-hydroxylation sites is 1. The first-order valence-electron chi connectivity index (χ1n) is 16.0. The fourth-order valence-corrected chi connectivity index (χ4v) is 6.32. The molecule has 0 saturated heterocycles. The third-order valence-corrected chi connectivity index (χ3v) is 9.26. The summed E-state index contributed by atoms with van der Waals surface area (Å²) in [6, 6.07) is 10.2. The summed E-state index contributed by atoms with van der Waals surface area (Å²) in [4.78, 5) is 15.4. The van der Waals surface area contributed by atoms with Gasteiger partial charge in [0.25, 0.3) is 0 Å². The average molecular weight is 692 g/mol. The minimum atomic E-state index is -4.98. The molecule has 13 heteroatoms. The highest BCUT2D eigenvalue weighted by atomic mass is 32.2. The molecule has 48 heavy (non-hydrogen) atoms. The number of alkyl halides is 6. The Kier molecular flexibility index (Phi) is 11.6. The summed E-state index contributed by atoms with van der Waals surface area (Å²) in [5.41, 5.74) is -1.48. The zero-order valence-electron chi connectivity index (χ0n) is 26.9. The lowest BCUT2D eigenvalue weighted by molar-refractivity contribution is -0.143. The Morgan fingerprint density at radius 3 is 2.27 bits per heavy atom. The van der Waals surface area contributed by atoms with Crippen LogP contribution in [0.3, 0.4) is 0 Å². The molecule has 1 saturated carbocycles. The van der Waals surface area contributed by atoms with Gasteiger partial charge in [-0.2, -0.15) is 38.1 Å². The molecule has 0 spiro atoms. The molecule has 2 aromatic carbocycles. The summed E-state index contributed by atoms with van der Waals surface area (Å²) in [6.45, 7) is 2.69. The molecule has 0 bridgehead atoms. The van der Waals surface area contributed by atoms with Gasteiger partial charge >= 0.3 is 12.4 Å². The maximum absolute atomic E-state index is 13.9. The zero-order valence-corrected chi connectivity index (χ0v) is 27.7. The number of thioether (sulfide) groups is 1. The largest absolute Gasteiger partial charge is 0.489 e. The lowest BCUT2D eigenvalue weighted by Gasteiger charge is -2.31. The Bertz CT molecular complexity index is 1610. The van der Waals surface area contributed by atoms with E-state index in [4.69, 9.17) is 9.72 Å². The van der Waals surface area contributed by atoms with Gasteiger partial charge in [0, 0.05) is 23.2 Å². The molecular weight excluding hydrogens is 652 g/mol. The van der Waals surface area contributed by atoms with Gasteiger partial charge in [0.1, 0.15) is 5.82 Å². The number of pyridine rings is 1. The van der Waals surface area contributed by atoms with Crippen molar-refractivity contribution in [2.45, 2.75) is 70.4 Å². The van der Waals surface area contributed by atoms with Crippen molar-refractivity contribution in [3.8, 4) is 5.75 Å². The standard InChI is InChI=1S/C35H39F6N5OS/c1-23(26-17-28(34(36,37)38)19-29(18-26)35(39,40)41)46(33-43-20-30(21-44-33)47-14-15-48-2)22-27-16-25-11-5-6-12-31(25)45-32(27)42-13-7-10-24-8-3-4-9-24/h5-6,11-12,16-21,23-24H,3-4,7-10,13-15,22H2,1-2H3,(H,42,45). The van der Waals surface area contributed by atoms with E-state index in [2.05, 4.69) is 15.3 Å². The second kappa shape index (κ2) is 15.7. The molecule has 1 aliphatic carbocycles. The number of rotatable bonds is 14. The Labute approximate surface area is 280 Å². The lowest BCUT2D eigenvalue weighted by Crippen LogP contribution is -2.29. The molecule has 2 aromatic heterocycles. The Balaban J connectivity index is 1.52. The number of hydrogen-bond donors (Lipinski definition) is 1. The molecule has 2 heterocycles. The minimum absolute atomic E-state index is 0.0498. The van der Waals surface area contributed by atoms with Crippen molar-refractivity contribution in [1.82, 2.24) is 15.0 Å². The van der Waals surface area contributed by atoms with Crippen LogP contribution in [0, 0.1) is 5.92 Å². The molecule has 5 rings (SSSR count).